The highest BCUT2D eigenvalue weighted by Gasteiger charge is 2.30. The number of thiazole rings is 1. The van der Waals surface area contributed by atoms with Crippen LogP contribution in [0.25, 0.3) is 9.88 Å². The average Bonchev–Trinajstić information content (AvgIpc) is 3.34. The third kappa shape index (κ3) is 2.87. The minimum Gasteiger partial charge on any atom is -0.337 e. The Bertz CT molecular complexity index is 860. The van der Waals surface area contributed by atoms with Crippen molar-refractivity contribution in [3.8, 4) is 9.88 Å². The lowest BCUT2D eigenvalue weighted by atomic mass is 9.98. The summed E-state index contributed by atoms with van der Waals surface area (Å²) in [7, 11) is 0. The molecule has 0 saturated carbocycles. The quantitative estimate of drug-likeness (QED) is 0.683. The van der Waals surface area contributed by atoms with Crippen LogP contribution in [0.2, 0.25) is 0 Å². The Balaban J connectivity index is 1.49. The Morgan fingerprint density at radius 3 is 2.88 bits per heavy atom. The maximum Gasteiger partial charge on any atom is 0.273 e. The fourth-order valence-corrected chi connectivity index (χ4v) is 4.66. The Hall–Kier alpha value is -2.05. The van der Waals surface area contributed by atoms with Crippen molar-refractivity contribution < 1.29 is 9.18 Å². The molecule has 0 aliphatic carbocycles. The van der Waals surface area contributed by atoms with Crippen LogP contribution in [0.3, 0.4) is 0 Å². The highest BCUT2D eigenvalue weighted by molar-refractivity contribution is 7.20. The zero-order valence-electron chi connectivity index (χ0n) is 12.8. The van der Waals surface area contributed by atoms with Crippen molar-refractivity contribution in [2.45, 2.75) is 12.3 Å². The second-order valence-electron chi connectivity index (χ2n) is 5.77. The van der Waals surface area contributed by atoms with Crippen LogP contribution in [-0.4, -0.2) is 28.9 Å². The summed E-state index contributed by atoms with van der Waals surface area (Å²) in [6.45, 7) is 1.19. The monoisotopic (exact) mass is 358 g/mol. The van der Waals surface area contributed by atoms with E-state index >= 15 is 0 Å². The van der Waals surface area contributed by atoms with Crippen molar-refractivity contribution in [2.24, 2.45) is 0 Å². The van der Waals surface area contributed by atoms with Gasteiger partial charge in [0, 0.05) is 24.4 Å². The van der Waals surface area contributed by atoms with Crippen molar-refractivity contribution in [3.63, 3.8) is 0 Å². The lowest BCUT2D eigenvalue weighted by Crippen LogP contribution is -2.28. The van der Waals surface area contributed by atoms with Gasteiger partial charge < -0.3 is 4.90 Å². The summed E-state index contributed by atoms with van der Waals surface area (Å²) in [5.74, 6) is -0.191. The number of likely N-dealkylation sites (tertiary alicyclic amines) is 1. The van der Waals surface area contributed by atoms with Gasteiger partial charge >= 0.3 is 0 Å². The van der Waals surface area contributed by atoms with Gasteiger partial charge in [0.05, 0.1) is 4.88 Å². The second kappa shape index (κ2) is 6.45. The van der Waals surface area contributed by atoms with Crippen LogP contribution >= 0.6 is 22.7 Å². The molecule has 4 rings (SSSR count). The van der Waals surface area contributed by atoms with Crippen LogP contribution in [0.15, 0.2) is 47.2 Å². The molecule has 0 bridgehead atoms. The molecule has 1 aromatic carbocycles. The van der Waals surface area contributed by atoms with E-state index in [2.05, 4.69) is 4.98 Å². The molecule has 3 aromatic rings. The zero-order chi connectivity index (χ0) is 16.5. The van der Waals surface area contributed by atoms with E-state index in [0.717, 1.165) is 16.3 Å². The first-order valence-electron chi connectivity index (χ1n) is 7.75. The van der Waals surface area contributed by atoms with Gasteiger partial charge in [-0.1, -0.05) is 24.3 Å². The normalized spacial score (nSPS) is 17.4. The van der Waals surface area contributed by atoms with Crippen LogP contribution in [-0.2, 0) is 0 Å². The SMILES string of the molecule is O=C(c1csc(-c2cccs2)n1)N1CC[C@H](c2ccccc2F)C1. The summed E-state index contributed by atoms with van der Waals surface area (Å²) >= 11 is 3.10. The number of aromatic nitrogens is 1. The molecule has 3 nitrogen and oxygen atoms in total. The zero-order valence-corrected chi connectivity index (χ0v) is 14.4. The largest absolute Gasteiger partial charge is 0.337 e. The van der Waals surface area contributed by atoms with E-state index in [9.17, 15) is 9.18 Å². The van der Waals surface area contributed by atoms with E-state index < -0.39 is 0 Å². The fraction of sp³-hybridized carbons (Fsp3) is 0.222. The van der Waals surface area contributed by atoms with E-state index in [4.69, 9.17) is 0 Å². The minimum atomic E-state index is -0.189. The molecule has 122 valence electrons. The number of nitrogens with zero attached hydrogens (tertiary/aromatic N) is 2. The molecule has 1 saturated heterocycles. The van der Waals surface area contributed by atoms with Crippen LogP contribution in [0.1, 0.15) is 28.4 Å². The molecular formula is C18H15FN2OS2. The highest BCUT2D eigenvalue weighted by Crippen LogP contribution is 2.31. The molecule has 0 spiro atoms. The summed E-state index contributed by atoms with van der Waals surface area (Å²) in [4.78, 5) is 20.0. The number of hydrogen-bond donors (Lipinski definition) is 0. The molecule has 0 radical (unpaired) electrons. The van der Waals surface area contributed by atoms with Gasteiger partial charge in [0.25, 0.3) is 5.91 Å². The number of benzene rings is 1. The lowest BCUT2D eigenvalue weighted by molar-refractivity contribution is 0.0785. The van der Waals surface area contributed by atoms with Gasteiger partial charge in [-0.25, -0.2) is 9.37 Å². The lowest BCUT2D eigenvalue weighted by Gasteiger charge is -2.15. The average molecular weight is 358 g/mol. The number of halogens is 1. The molecular weight excluding hydrogens is 343 g/mol. The van der Waals surface area contributed by atoms with Crippen LogP contribution in [0.4, 0.5) is 4.39 Å². The Kier molecular flexibility index (Phi) is 4.16. The van der Waals surface area contributed by atoms with Crippen molar-refractivity contribution in [2.75, 3.05) is 13.1 Å². The van der Waals surface area contributed by atoms with Crippen LogP contribution in [0.5, 0.6) is 0 Å². The van der Waals surface area contributed by atoms with Gasteiger partial charge in [0.1, 0.15) is 16.5 Å². The van der Waals surface area contributed by atoms with E-state index in [0.29, 0.717) is 24.3 Å². The summed E-state index contributed by atoms with van der Waals surface area (Å²) in [6, 6.07) is 10.8. The molecule has 0 N–H and O–H groups in total. The third-order valence-electron chi connectivity index (χ3n) is 4.28. The van der Waals surface area contributed by atoms with E-state index in [1.54, 1.807) is 22.3 Å². The van der Waals surface area contributed by atoms with Gasteiger partial charge in [0.2, 0.25) is 0 Å². The molecule has 1 fully saturated rings. The second-order valence-corrected chi connectivity index (χ2v) is 7.58. The van der Waals surface area contributed by atoms with E-state index in [-0.39, 0.29) is 17.6 Å². The molecule has 6 heteroatoms. The first kappa shape index (κ1) is 15.5. The summed E-state index contributed by atoms with van der Waals surface area (Å²) < 4.78 is 13.9. The highest BCUT2D eigenvalue weighted by atomic mass is 32.1. The summed E-state index contributed by atoms with van der Waals surface area (Å²) in [6.07, 6.45) is 0.786. The van der Waals surface area contributed by atoms with Gasteiger partial charge in [-0.15, -0.1) is 22.7 Å². The van der Waals surface area contributed by atoms with Crippen molar-refractivity contribution in [3.05, 3.63) is 64.2 Å². The number of carbonyl (C=O) groups is 1. The first-order chi connectivity index (χ1) is 11.7. The van der Waals surface area contributed by atoms with Crippen molar-refractivity contribution in [1.29, 1.82) is 0 Å². The van der Waals surface area contributed by atoms with Gasteiger partial charge in [-0.2, -0.15) is 0 Å². The van der Waals surface area contributed by atoms with Gasteiger partial charge in [-0.05, 0) is 29.5 Å². The maximum atomic E-state index is 13.9. The number of hydrogen-bond acceptors (Lipinski definition) is 4. The Morgan fingerprint density at radius 2 is 2.08 bits per heavy atom. The van der Waals surface area contributed by atoms with Crippen molar-refractivity contribution in [1.82, 2.24) is 9.88 Å². The van der Waals surface area contributed by atoms with Gasteiger partial charge in [0.15, 0.2) is 0 Å². The Morgan fingerprint density at radius 1 is 1.21 bits per heavy atom. The smallest absolute Gasteiger partial charge is 0.273 e. The molecule has 1 amide bonds. The van der Waals surface area contributed by atoms with E-state index in [1.165, 1.54) is 17.4 Å². The number of thiophene rings is 1. The molecule has 3 heterocycles. The number of rotatable bonds is 3. The fourth-order valence-electron chi connectivity index (χ4n) is 3.05. The topological polar surface area (TPSA) is 33.2 Å². The minimum absolute atomic E-state index is 0.0607. The summed E-state index contributed by atoms with van der Waals surface area (Å²) in [5.41, 5.74) is 1.18. The predicted octanol–water partition coefficient (Wildman–Crippen LogP) is 4.64. The van der Waals surface area contributed by atoms with Gasteiger partial charge in [-0.3, -0.25) is 4.79 Å². The summed E-state index contributed by atoms with van der Waals surface area (Å²) in [5, 5.41) is 4.68. The van der Waals surface area contributed by atoms with Crippen LogP contribution < -0.4 is 0 Å². The number of amides is 1. The molecule has 1 atom stereocenters. The molecule has 1 aliphatic rings. The third-order valence-corrected chi connectivity index (χ3v) is 6.16. The maximum absolute atomic E-state index is 13.9. The molecule has 1 aliphatic heterocycles. The van der Waals surface area contributed by atoms with Crippen LogP contribution in [0, 0.1) is 5.82 Å². The molecule has 24 heavy (non-hydrogen) atoms. The number of carbonyl (C=O) groups excluding carboxylic acids is 1. The standard InChI is InChI=1S/C18H15FN2OS2/c19-14-5-2-1-4-13(14)12-7-8-21(10-12)18(22)15-11-24-17(20-15)16-6-3-9-23-16/h1-6,9,11-12H,7-8,10H2/t12-/m0/s1. The van der Waals surface area contributed by atoms with E-state index in [1.807, 2.05) is 35.0 Å². The Labute approximate surface area is 147 Å². The predicted molar refractivity (Wildman–Crippen MR) is 95.1 cm³/mol. The molecule has 2 aromatic heterocycles. The first-order valence-corrected chi connectivity index (χ1v) is 9.51. The molecule has 0 unspecified atom stereocenters. The van der Waals surface area contributed by atoms with Crippen molar-refractivity contribution >= 4 is 28.6 Å².